The number of anilines is 1. The molecule has 0 saturated heterocycles. The van der Waals surface area contributed by atoms with Gasteiger partial charge in [-0.15, -0.1) is 5.10 Å². The molecule has 1 aliphatic rings. The maximum Gasteiger partial charge on any atom is 0.335 e. The highest BCUT2D eigenvalue weighted by molar-refractivity contribution is 5.87. The van der Waals surface area contributed by atoms with Gasteiger partial charge >= 0.3 is 11.9 Å². The lowest BCUT2D eigenvalue weighted by molar-refractivity contribution is -0.143. The molecule has 2 unspecified atom stereocenters. The number of fused-ring (bicyclic) bond motifs is 1. The Kier molecular flexibility index (Phi) is 3.28. The van der Waals surface area contributed by atoms with E-state index in [4.69, 9.17) is 10.8 Å². The molecule has 0 bridgehead atoms. The van der Waals surface area contributed by atoms with Gasteiger partial charge in [0.05, 0.1) is 18.0 Å². The number of aromatic carboxylic acids is 1. The van der Waals surface area contributed by atoms with Crippen molar-refractivity contribution in [3.63, 3.8) is 0 Å². The van der Waals surface area contributed by atoms with Crippen LogP contribution in [-0.4, -0.2) is 36.9 Å². The maximum atomic E-state index is 11.5. The molecule has 1 aliphatic heterocycles. The second kappa shape index (κ2) is 5.14. The van der Waals surface area contributed by atoms with Crippen LogP contribution in [0.2, 0.25) is 0 Å². The second-order valence-corrected chi connectivity index (χ2v) is 5.25. The number of carboxylic acid groups (broad SMARTS) is 2. The molecular formula is C14H14N4O4. The fraction of sp³-hybridized carbons (Fsp3) is 0.286. The van der Waals surface area contributed by atoms with E-state index in [-0.39, 0.29) is 23.9 Å². The molecule has 0 aliphatic carbocycles. The van der Waals surface area contributed by atoms with E-state index in [0.29, 0.717) is 12.4 Å². The average molecular weight is 302 g/mol. The van der Waals surface area contributed by atoms with Crippen molar-refractivity contribution in [2.45, 2.75) is 18.9 Å². The molecule has 114 valence electrons. The van der Waals surface area contributed by atoms with Crippen LogP contribution in [0, 0.1) is 5.92 Å². The van der Waals surface area contributed by atoms with Crippen LogP contribution in [0.4, 0.5) is 5.95 Å². The molecule has 0 spiro atoms. The molecule has 3 rings (SSSR count). The van der Waals surface area contributed by atoms with Crippen molar-refractivity contribution in [2.24, 2.45) is 5.92 Å². The highest BCUT2D eigenvalue weighted by Crippen LogP contribution is 2.33. The Labute approximate surface area is 125 Å². The van der Waals surface area contributed by atoms with Gasteiger partial charge in [0.25, 0.3) is 0 Å². The van der Waals surface area contributed by atoms with Gasteiger partial charge in [0.2, 0.25) is 5.95 Å². The van der Waals surface area contributed by atoms with E-state index >= 15 is 0 Å². The number of nitrogens with two attached hydrogens (primary N) is 1. The zero-order chi connectivity index (χ0) is 15.9. The first-order chi connectivity index (χ1) is 10.5. The van der Waals surface area contributed by atoms with Crippen LogP contribution >= 0.6 is 0 Å². The molecule has 2 atom stereocenters. The predicted octanol–water partition coefficient (Wildman–Crippen LogP) is 0.599. The van der Waals surface area contributed by atoms with Crippen molar-refractivity contribution in [3.8, 4) is 0 Å². The summed E-state index contributed by atoms with van der Waals surface area (Å²) < 4.78 is 1.62. The van der Waals surface area contributed by atoms with Crippen LogP contribution in [0.5, 0.6) is 0 Å². The lowest BCUT2D eigenvalue weighted by Crippen LogP contribution is -2.33. The smallest absolute Gasteiger partial charge is 0.335 e. The molecular weight excluding hydrogens is 288 g/mol. The van der Waals surface area contributed by atoms with Crippen LogP contribution in [0.3, 0.4) is 0 Å². The third-order valence-corrected chi connectivity index (χ3v) is 3.93. The molecule has 22 heavy (non-hydrogen) atoms. The molecule has 0 amide bonds. The molecule has 2 aromatic rings. The molecule has 1 aromatic carbocycles. The average Bonchev–Trinajstić information content (AvgIpc) is 2.85. The van der Waals surface area contributed by atoms with Crippen LogP contribution in [-0.2, 0) is 17.8 Å². The molecule has 8 heteroatoms. The van der Waals surface area contributed by atoms with E-state index in [9.17, 15) is 14.7 Å². The third-order valence-electron chi connectivity index (χ3n) is 3.93. The maximum absolute atomic E-state index is 11.5. The molecule has 0 radical (unpaired) electrons. The summed E-state index contributed by atoms with van der Waals surface area (Å²) in [6.07, 6.45) is 0.241. The summed E-state index contributed by atoms with van der Waals surface area (Å²) in [5.74, 6) is -2.21. The Bertz CT molecular complexity index is 738. The van der Waals surface area contributed by atoms with Gasteiger partial charge in [0.1, 0.15) is 5.82 Å². The summed E-state index contributed by atoms with van der Waals surface area (Å²) in [5.41, 5.74) is 6.49. The Morgan fingerprint density at radius 2 is 1.91 bits per heavy atom. The predicted molar refractivity (Wildman–Crippen MR) is 75.4 cm³/mol. The molecule has 0 fully saturated rings. The Balaban J connectivity index is 1.96. The molecule has 2 heterocycles. The SMILES string of the molecule is Nc1nc2n(n1)CC(c1ccc(C(=O)O)cc1)C(C(=O)O)C2. The van der Waals surface area contributed by atoms with Crippen molar-refractivity contribution >= 4 is 17.9 Å². The first-order valence-corrected chi connectivity index (χ1v) is 6.71. The van der Waals surface area contributed by atoms with Gasteiger partial charge in [0.15, 0.2) is 0 Å². The molecule has 4 N–H and O–H groups in total. The Hall–Kier alpha value is -2.90. The number of carbonyl (C=O) groups is 2. The summed E-state index contributed by atoms with van der Waals surface area (Å²) in [7, 11) is 0. The second-order valence-electron chi connectivity index (χ2n) is 5.25. The van der Waals surface area contributed by atoms with Crippen molar-refractivity contribution in [1.29, 1.82) is 0 Å². The van der Waals surface area contributed by atoms with Gasteiger partial charge in [-0.25, -0.2) is 9.48 Å². The van der Waals surface area contributed by atoms with Gasteiger partial charge in [-0.05, 0) is 17.7 Å². The number of aromatic nitrogens is 3. The lowest BCUT2D eigenvalue weighted by Gasteiger charge is -2.29. The van der Waals surface area contributed by atoms with E-state index in [1.165, 1.54) is 12.1 Å². The van der Waals surface area contributed by atoms with Crippen molar-refractivity contribution in [2.75, 3.05) is 5.73 Å². The summed E-state index contributed by atoms with van der Waals surface area (Å²) in [4.78, 5) is 26.5. The Morgan fingerprint density at radius 3 is 2.50 bits per heavy atom. The van der Waals surface area contributed by atoms with Crippen molar-refractivity contribution in [1.82, 2.24) is 14.8 Å². The van der Waals surface area contributed by atoms with Crippen molar-refractivity contribution < 1.29 is 19.8 Å². The summed E-state index contributed by atoms with van der Waals surface area (Å²) in [6.45, 7) is 0.350. The third kappa shape index (κ3) is 2.39. The van der Waals surface area contributed by atoms with Gasteiger partial charge in [-0.3, -0.25) is 4.79 Å². The quantitative estimate of drug-likeness (QED) is 0.756. The number of aliphatic carboxylic acids is 1. The van der Waals surface area contributed by atoms with Crippen LogP contribution in [0.1, 0.15) is 27.7 Å². The van der Waals surface area contributed by atoms with E-state index in [2.05, 4.69) is 10.1 Å². The standard InChI is InChI=1S/C14H14N4O4/c15-14-16-11-5-9(13(21)22)10(6-18(11)17-14)7-1-3-8(4-2-7)12(19)20/h1-4,9-10H,5-6H2,(H2,15,17)(H,19,20)(H,21,22). The molecule has 0 saturated carbocycles. The minimum atomic E-state index is -1.02. The normalized spacial score (nSPS) is 20.4. The van der Waals surface area contributed by atoms with Gasteiger partial charge < -0.3 is 15.9 Å². The number of nitrogen functional groups attached to an aromatic ring is 1. The minimum Gasteiger partial charge on any atom is -0.481 e. The van der Waals surface area contributed by atoms with Gasteiger partial charge in [0, 0.05) is 12.3 Å². The van der Waals surface area contributed by atoms with Gasteiger partial charge in [-0.1, -0.05) is 12.1 Å². The molecule has 1 aromatic heterocycles. The number of rotatable bonds is 3. The zero-order valence-corrected chi connectivity index (χ0v) is 11.5. The van der Waals surface area contributed by atoms with Gasteiger partial charge in [-0.2, -0.15) is 4.98 Å². The minimum absolute atomic E-state index is 0.126. The van der Waals surface area contributed by atoms with E-state index < -0.39 is 17.9 Å². The monoisotopic (exact) mass is 302 g/mol. The Morgan fingerprint density at radius 1 is 1.23 bits per heavy atom. The van der Waals surface area contributed by atoms with E-state index in [1.54, 1.807) is 16.8 Å². The number of hydrogen-bond donors (Lipinski definition) is 3. The van der Waals surface area contributed by atoms with Crippen LogP contribution in [0.25, 0.3) is 0 Å². The zero-order valence-electron chi connectivity index (χ0n) is 11.5. The van der Waals surface area contributed by atoms with E-state index in [0.717, 1.165) is 5.56 Å². The number of carboxylic acids is 2. The first kappa shape index (κ1) is 14.1. The number of nitrogens with zero attached hydrogens (tertiary/aromatic N) is 3. The summed E-state index contributed by atoms with van der Waals surface area (Å²) in [5, 5.41) is 22.5. The number of hydrogen-bond acceptors (Lipinski definition) is 5. The summed E-state index contributed by atoms with van der Waals surface area (Å²) >= 11 is 0. The fourth-order valence-electron chi connectivity index (χ4n) is 2.81. The summed E-state index contributed by atoms with van der Waals surface area (Å²) in [6, 6.07) is 6.24. The van der Waals surface area contributed by atoms with Crippen molar-refractivity contribution in [3.05, 3.63) is 41.2 Å². The lowest BCUT2D eigenvalue weighted by atomic mass is 9.81. The highest BCUT2D eigenvalue weighted by atomic mass is 16.4. The van der Waals surface area contributed by atoms with Crippen LogP contribution < -0.4 is 5.73 Å². The highest BCUT2D eigenvalue weighted by Gasteiger charge is 2.36. The first-order valence-electron chi connectivity index (χ1n) is 6.71. The molecule has 8 nitrogen and oxygen atoms in total. The van der Waals surface area contributed by atoms with Crippen LogP contribution in [0.15, 0.2) is 24.3 Å². The fourth-order valence-corrected chi connectivity index (χ4v) is 2.81. The number of benzene rings is 1. The topological polar surface area (TPSA) is 131 Å². The van der Waals surface area contributed by atoms with E-state index in [1.807, 2.05) is 0 Å². The largest absolute Gasteiger partial charge is 0.481 e.